The van der Waals surface area contributed by atoms with Crippen molar-refractivity contribution < 1.29 is 0 Å². The molecule has 1 fully saturated rings. The number of piperidine rings is 1. The molecular formula is C21H27BrN4. The van der Waals surface area contributed by atoms with Gasteiger partial charge < -0.3 is 15.5 Å². The van der Waals surface area contributed by atoms with Crippen LogP contribution in [0.4, 0.5) is 5.69 Å². The number of rotatable bonds is 4. The average molecular weight is 415 g/mol. The summed E-state index contributed by atoms with van der Waals surface area (Å²) in [6.45, 7) is 5.06. The molecular weight excluding hydrogens is 388 g/mol. The van der Waals surface area contributed by atoms with Crippen molar-refractivity contribution in [2.45, 2.75) is 32.4 Å². The second-order valence-electron chi connectivity index (χ2n) is 6.74. The van der Waals surface area contributed by atoms with Crippen molar-refractivity contribution in [3.63, 3.8) is 0 Å². The molecule has 0 bridgehead atoms. The second-order valence-corrected chi connectivity index (χ2v) is 7.65. The highest BCUT2D eigenvalue weighted by atomic mass is 79.9. The van der Waals surface area contributed by atoms with E-state index in [2.05, 4.69) is 91.9 Å². The van der Waals surface area contributed by atoms with Crippen molar-refractivity contribution in [1.82, 2.24) is 10.6 Å². The first-order valence-electron chi connectivity index (χ1n) is 9.18. The molecule has 0 unspecified atom stereocenters. The first kappa shape index (κ1) is 18.8. The lowest BCUT2D eigenvalue weighted by atomic mass is 10.0. The fourth-order valence-electron chi connectivity index (χ4n) is 3.35. The Bertz CT molecular complexity index is 737. The lowest BCUT2D eigenvalue weighted by Crippen LogP contribution is -2.48. The van der Waals surface area contributed by atoms with Crippen LogP contribution in [0.2, 0.25) is 0 Å². The zero-order valence-electron chi connectivity index (χ0n) is 15.5. The largest absolute Gasteiger partial charge is 0.371 e. The van der Waals surface area contributed by atoms with E-state index in [0.29, 0.717) is 6.04 Å². The summed E-state index contributed by atoms with van der Waals surface area (Å²) in [7, 11) is 1.84. The van der Waals surface area contributed by atoms with Crippen LogP contribution in [0.1, 0.15) is 24.0 Å². The van der Waals surface area contributed by atoms with Gasteiger partial charge in [0.25, 0.3) is 0 Å². The van der Waals surface area contributed by atoms with Crippen LogP contribution in [0.15, 0.2) is 58.0 Å². The van der Waals surface area contributed by atoms with E-state index < -0.39 is 0 Å². The molecule has 0 aliphatic carbocycles. The van der Waals surface area contributed by atoms with Gasteiger partial charge in [0.2, 0.25) is 0 Å². The van der Waals surface area contributed by atoms with Gasteiger partial charge in [0.1, 0.15) is 0 Å². The maximum absolute atomic E-state index is 4.39. The summed E-state index contributed by atoms with van der Waals surface area (Å²) >= 11 is 3.52. The Morgan fingerprint density at radius 2 is 1.88 bits per heavy atom. The van der Waals surface area contributed by atoms with E-state index in [4.69, 9.17) is 0 Å². The number of hydrogen-bond acceptors (Lipinski definition) is 2. The van der Waals surface area contributed by atoms with Crippen molar-refractivity contribution >= 4 is 27.6 Å². The first-order valence-corrected chi connectivity index (χ1v) is 9.97. The Morgan fingerprint density at radius 3 is 2.54 bits per heavy atom. The fraction of sp³-hybridized carbons (Fsp3) is 0.381. The van der Waals surface area contributed by atoms with Crippen molar-refractivity contribution in [3.05, 3.63) is 64.1 Å². The number of anilines is 1. The van der Waals surface area contributed by atoms with Crippen LogP contribution in [0, 0.1) is 6.92 Å². The van der Waals surface area contributed by atoms with Crippen LogP contribution < -0.4 is 15.5 Å². The van der Waals surface area contributed by atoms with Crippen molar-refractivity contribution in [3.8, 4) is 0 Å². The highest BCUT2D eigenvalue weighted by Crippen LogP contribution is 2.19. The van der Waals surface area contributed by atoms with Crippen molar-refractivity contribution in [2.75, 3.05) is 25.0 Å². The number of para-hydroxylation sites is 1. The summed E-state index contributed by atoms with van der Waals surface area (Å²) in [6, 6.07) is 17.5. The Kier molecular flexibility index (Phi) is 6.56. The highest BCUT2D eigenvalue weighted by Gasteiger charge is 2.20. The van der Waals surface area contributed by atoms with Gasteiger partial charge in [0.05, 0.1) is 0 Å². The molecule has 0 aromatic heterocycles. The summed E-state index contributed by atoms with van der Waals surface area (Å²) in [5.41, 5.74) is 3.88. The third kappa shape index (κ3) is 5.01. The zero-order valence-corrected chi connectivity index (χ0v) is 17.1. The van der Waals surface area contributed by atoms with Crippen LogP contribution in [0.3, 0.4) is 0 Å². The number of guanidine groups is 1. The molecule has 1 aliphatic heterocycles. The molecule has 0 radical (unpaired) electrons. The molecule has 3 rings (SSSR count). The van der Waals surface area contributed by atoms with E-state index in [1.165, 1.54) is 16.8 Å². The SMILES string of the molecule is CN=C(NCc1ccc(Br)cc1C)NC1CCN(c2ccccc2)CC1. The molecule has 0 atom stereocenters. The number of aryl methyl sites for hydroxylation is 1. The van der Waals surface area contributed by atoms with E-state index in [0.717, 1.165) is 42.9 Å². The number of nitrogens with zero attached hydrogens (tertiary/aromatic N) is 2. The molecule has 4 nitrogen and oxygen atoms in total. The predicted molar refractivity (Wildman–Crippen MR) is 114 cm³/mol. The number of halogens is 1. The van der Waals surface area contributed by atoms with Gasteiger partial charge in [0, 0.05) is 42.9 Å². The second kappa shape index (κ2) is 9.08. The van der Waals surface area contributed by atoms with E-state index in [1.807, 2.05) is 7.05 Å². The van der Waals surface area contributed by atoms with Gasteiger partial charge in [-0.05, 0) is 55.2 Å². The predicted octanol–water partition coefficient (Wildman–Crippen LogP) is 4.09. The van der Waals surface area contributed by atoms with E-state index in [-0.39, 0.29) is 0 Å². The molecule has 2 aromatic rings. The average Bonchev–Trinajstić information content (AvgIpc) is 2.67. The normalized spacial score (nSPS) is 15.8. The molecule has 26 heavy (non-hydrogen) atoms. The molecule has 2 N–H and O–H groups in total. The van der Waals surface area contributed by atoms with Gasteiger partial charge >= 0.3 is 0 Å². The number of hydrogen-bond donors (Lipinski definition) is 2. The fourth-order valence-corrected chi connectivity index (χ4v) is 3.82. The maximum atomic E-state index is 4.39. The maximum Gasteiger partial charge on any atom is 0.191 e. The van der Waals surface area contributed by atoms with Crippen LogP contribution >= 0.6 is 15.9 Å². The summed E-state index contributed by atoms with van der Waals surface area (Å²) in [6.07, 6.45) is 2.24. The topological polar surface area (TPSA) is 39.7 Å². The van der Waals surface area contributed by atoms with E-state index in [9.17, 15) is 0 Å². The van der Waals surface area contributed by atoms with E-state index in [1.54, 1.807) is 0 Å². The summed E-state index contributed by atoms with van der Waals surface area (Å²) < 4.78 is 1.12. The standard InChI is InChI=1S/C21H27BrN4/c1-16-14-18(22)9-8-17(16)15-24-21(23-2)25-19-10-12-26(13-11-19)20-6-4-3-5-7-20/h3-9,14,19H,10-13,15H2,1-2H3,(H2,23,24,25). The van der Waals surface area contributed by atoms with E-state index >= 15 is 0 Å². The molecule has 0 saturated carbocycles. The summed E-state index contributed by atoms with van der Waals surface area (Å²) in [5, 5.41) is 7.03. The van der Waals surface area contributed by atoms with Crippen LogP contribution in [0.25, 0.3) is 0 Å². The van der Waals surface area contributed by atoms with Gasteiger partial charge in [0.15, 0.2) is 5.96 Å². The summed E-state index contributed by atoms with van der Waals surface area (Å²) in [4.78, 5) is 6.85. The molecule has 1 saturated heterocycles. The molecule has 1 aliphatic rings. The van der Waals surface area contributed by atoms with Crippen LogP contribution in [-0.4, -0.2) is 32.1 Å². The zero-order chi connectivity index (χ0) is 18.4. The molecule has 0 spiro atoms. The first-order chi connectivity index (χ1) is 12.7. The molecule has 0 amide bonds. The minimum atomic E-state index is 0.465. The number of aliphatic imine (C=N–C) groups is 1. The molecule has 1 heterocycles. The molecule has 2 aromatic carbocycles. The van der Waals surface area contributed by atoms with Gasteiger partial charge in [-0.25, -0.2) is 0 Å². The number of benzene rings is 2. The Labute approximate surface area is 164 Å². The lowest BCUT2D eigenvalue weighted by Gasteiger charge is -2.34. The smallest absolute Gasteiger partial charge is 0.191 e. The van der Waals surface area contributed by atoms with Crippen LogP contribution in [0.5, 0.6) is 0 Å². The van der Waals surface area contributed by atoms with Gasteiger partial charge in [-0.3, -0.25) is 4.99 Å². The quantitative estimate of drug-likeness (QED) is 0.584. The Balaban J connectivity index is 1.48. The highest BCUT2D eigenvalue weighted by molar-refractivity contribution is 9.10. The van der Waals surface area contributed by atoms with Gasteiger partial charge in [-0.1, -0.05) is 40.2 Å². The van der Waals surface area contributed by atoms with Crippen LogP contribution in [-0.2, 0) is 6.54 Å². The monoisotopic (exact) mass is 414 g/mol. The molecule has 138 valence electrons. The molecule has 5 heteroatoms. The minimum absolute atomic E-state index is 0.465. The Morgan fingerprint density at radius 1 is 1.15 bits per heavy atom. The third-order valence-electron chi connectivity index (χ3n) is 4.93. The third-order valence-corrected chi connectivity index (χ3v) is 5.42. The van der Waals surface area contributed by atoms with Crippen molar-refractivity contribution in [1.29, 1.82) is 0 Å². The lowest BCUT2D eigenvalue weighted by molar-refractivity contribution is 0.461. The number of nitrogens with one attached hydrogen (secondary N) is 2. The Hall–Kier alpha value is -2.01. The summed E-state index contributed by atoms with van der Waals surface area (Å²) in [5.74, 6) is 0.880. The van der Waals surface area contributed by atoms with Gasteiger partial charge in [-0.2, -0.15) is 0 Å². The van der Waals surface area contributed by atoms with Crippen molar-refractivity contribution in [2.24, 2.45) is 4.99 Å². The minimum Gasteiger partial charge on any atom is -0.371 e. The van der Waals surface area contributed by atoms with Gasteiger partial charge in [-0.15, -0.1) is 0 Å².